The summed E-state index contributed by atoms with van der Waals surface area (Å²) in [5.41, 5.74) is 5.54. The number of carbonyl (C=O) groups excluding carboxylic acids is 2. The molecule has 0 fully saturated rings. The van der Waals surface area contributed by atoms with Gasteiger partial charge in [0, 0.05) is 31.1 Å². The summed E-state index contributed by atoms with van der Waals surface area (Å²) < 4.78 is 25.3. The number of halogens is 1. The van der Waals surface area contributed by atoms with Crippen LogP contribution in [-0.4, -0.2) is 38.6 Å². The van der Waals surface area contributed by atoms with Crippen LogP contribution in [0.4, 0.5) is 0 Å². The van der Waals surface area contributed by atoms with E-state index in [1.54, 1.807) is 12.1 Å². The molecule has 2 aromatic carbocycles. The molecule has 0 aromatic heterocycles. The molecule has 27 heavy (non-hydrogen) atoms. The van der Waals surface area contributed by atoms with Gasteiger partial charge in [0.15, 0.2) is 0 Å². The second-order valence-corrected chi connectivity index (χ2v) is 8.47. The molecule has 2 amide bonds. The van der Waals surface area contributed by atoms with Crippen molar-refractivity contribution in [1.82, 2.24) is 15.2 Å². The van der Waals surface area contributed by atoms with Gasteiger partial charge < -0.3 is 0 Å². The van der Waals surface area contributed by atoms with Gasteiger partial charge in [-0.2, -0.15) is 0 Å². The third kappa shape index (κ3) is 5.53. The first kappa shape index (κ1) is 20.9. The normalized spacial score (nSPS) is 11.3. The molecule has 2 N–H and O–H groups in total. The van der Waals surface area contributed by atoms with Crippen molar-refractivity contribution >= 4 is 33.4 Å². The molecule has 0 saturated heterocycles. The number of hydrazine groups is 1. The number of amides is 2. The van der Waals surface area contributed by atoms with E-state index in [4.69, 9.17) is 11.6 Å². The number of carbonyl (C=O) groups is 2. The lowest BCUT2D eigenvalue weighted by Crippen LogP contribution is -2.41. The zero-order valence-corrected chi connectivity index (χ0v) is 16.5. The number of sulfonamides is 1. The summed E-state index contributed by atoms with van der Waals surface area (Å²) in [6.07, 6.45) is 0.566. The van der Waals surface area contributed by atoms with Gasteiger partial charge in [-0.1, -0.05) is 35.9 Å². The highest BCUT2D eigenvalue weighted by molar-refractivity contribution is 7.89. The van der Waals surface area contributed by atoms with Gasteiger partial charge in [0.25, 0.3) is 5.91 Å². The number of nitrogens with one attached hydrogen (secondary N) is 2. The smallest absolute Gasteiger partial charge is 0.269 e. The van der Waals surface area contributed by atoms with Gasteiger partial charge in [0.1, 0.15) is 0 Å². The summed E-state index contributed by atoms with van der Waals surface area (Å²) in [5, 5.41) is 0.577. The second-order valence-electron chi connectivity index (χ2n) is 5.91. The Labute approximate surface area is 163 Å². The molecule has 0 aliphatic rings. The molecule has 9 heteroatoms. The Morgan fingerprint density at radius 2 is 1.74 bits per heavy atom. The van der Waals surface area contributed by atoms with E-state index < -0.39 is 15.9 Å². The average Bonchev–Trinajstić information content (AvgIpc) is 2.65. The maximum absolute atomic E-state index is 12.2. The Hall–Kier alpha value is -2.42. The minimum Gasteiger partial charge on any atom is -0.273 e. The van der Waals surface area contributed by atoms with Gasteiger partial charge in [0.2, 0.25) is 15.9 Å². The van der Waals surface area contributed by atoms with Gasteiger partial charge in [0.05, 0.1) is 4.90 Å². The van der Waals surface area contributed by atoms with Crippen LogP contribution >= 0.6 is 11.6 Å². The van der Waals surface area contributed by atoms with Crippen molar-refractivity contribution in [1.29, 1.82) is 0 Å². The Morgan fingerprint density at radius 1 is 1.04 bits per heavy atom. The van der Waals surface area contributed by atoms with Gasteiger partial charge in [-0.3, -0.25) is 20.4 Å². The highest BCUT2D eigenvalue weighted by Gasteiger charge is 2.18. The van der Waals surface area contributed by atoms with Crippen LogP contribution in [0.1, 0.15) is 22.3 Å². The minimum atomic E-state index is -3.65. The van der Waals surface area contributed by atoms with Gasteiger partial charge in [-0.05, 0) is 36.2 Å². The summed E-state index contributed by atoms with van der Waals surface area (Å²) >= 11 is 6.04. The van der Waals surface area contributed by atoms with Crippen LogP contribution in [0.5, 0.6) is 0 Å². The third-order valence-electron chi connectivity index (χ3n) is 3.77. The van der Waals surface area contributed by atoms with Crippen molar-refractivity contribution in [3.8, 4) is 0 Å². The Bertz CT molecular complexity index is 945. The lowest BCUT2D eigenvalue weighted by molar-refractivity contribution is -0.121. The van der Waals surface area contributed by atoms with Crippen molar-refractivity contribution in [2.24, 2.45) is 0 Å². The van der Waals surface area contributed by atoms with E-state index >= 15 is 0 Å². The quantitative estimate of drug-likeness (QED) is 0.713. The van der Waals surface area contributed by atoms with E-state index in [0.29, 0.717) is 11.4 Å². The van der Waals surface area contributed by atoms with Gasteiger partial charge in [-0.15, -0.1) is 0 Å². The van der Waals surface area contributed by atoms with Gasteiger partial charge >= 0.3 is 0 Å². The molecule has 0 atom stereocenters. The first-order valence-electron chi connectivity index (χ1n) is 8.07. The van der Waals surface area contributed by atoms with Crippen molar-refractivity contribution in [3.63, 3.8) is 0 Å². The summed E-state index contributed by atoms with van der Waals surface area (Å²) in [4.78, 5) is 24.1. The molecule has 0 aliphatic carbocycles. The molecule has 144 valence electrons. The standard InChI is InChI=1S/C18H20ClN3O4S/c1-22(2)27(25,26)15-8-5-7-14(12-15)18(24)21-20-17(23)11-10-13-6-3-4-9-16(13)19/h3-9,12H,10-11H2,1-2H3,(H,20,23)(H,21,24). The lowest BCUT2D eigenvalue weighted by atomic mass is 10.1. The van der Waals surface area contributed by atoms with E-state index in [-0.39, 0.29) is 22.8 Å². The third-order valence-corrected chi connectivity index (χ3v) is 5.95. The summed E-state index contributed by atoms with van der Waals surface area (Å²) in [5.74, 6) is -1.00. The number of nitrogens with zero attached hydrogens (tertiary/aromatic N) is 1. The molecule has 0 heterocycles. The summed E-state index contributed by atoms with van der Waals surface area (Å²) in [6.45, 7) is 0. The second kappa shape index (κ2) is 8.98. The van der Waals surface area contributed by atoms with Gasteiger partial charge in [-0.25, -0.2) is 12.7 Å². The largest absolute Gasteiger partial charge is 0.273 e. The first-order chi connectivity index (χ1) is 12.7. The molecule has 0 radical (unpaired) electrons. The van der Waals surface area contributed by atoms with E-state index in [0.717, 1.165) is 9.87 Å². The SMILES string of the molecule is CN(C)S(=O)(=O)c1cccc(C(=O)NNC(=O)CCc2ccccc2Cl)c1. The minimum absolute atomic E-state index is 0.00908. The maximum Gasteiger partial charge on any atom is 0.269 e. The number of hydrogen-bond acceptors (Lipinski definition) is 4. The zero-order chi connectivity index (χ0) is 20.0. The van der Waals surface area contributed by atoms with E-state index in [2.05, 4.69) is 10.9 Å². The van der Waals surface area contributed by atoms with Crippen molar-refractivity contribution in [2.45, 2.75) is 17.7 Å². The fourth-order valence-electron chi connectivity index (χ4n) is 2.22. The topological polar surface area (TPSA) is 95.6 Å². The van der Waals surface area contributed by atoms with E-state index in [1.165, 1.54) is 38.4 Å². The highest BCUT2D eigenvalue weighted by Crippen LogP contribution is 2.16. The number of aryl methyl sites for hydroxylation is 1. The molecular weight excluding hydrogens is 390 g/mol. The van der Waals surface area contributed by atoms with Crippen LogP contribution in [0.15, 0.2) is 53.4 Å². The van der Waals surface area contributed by atoms with Crippen molar-refractivity contribution < 1.29 is 18.0 Å². The molecular formula is C18H20ClN3O4S. The maximum atomic E-state index is 12.2. The number of rotatable bonds is 6. The van der Waals surface area contributed by atoms with Crippen LogP contribution in [0, 0.1) is 0 Å². The number of hydrogen-bond donors (Lipinski definition) is 2. The van der Waals surface area contributed by atoms with Crippen LogP contribution in [0.2, 0.25) is 5.02 Å². The molecule has 0 bridgehead atoms. The van der Waals surface area contributed by atoms with Crippen LogP contribution < -0.4 is 10.9 Å². The van der Waals surface area contributed by atoms with Crippen LogP contribution in [0.3, 0.4) is 0 Å². The van der Waals surface area contributed by atoms with E-state index in [1.807, 2.05) is 12.1 Å². The molecule has 0 unspecified atom stereocenters. The fraction of sp³-hybridized carbons (Fsp3) is 0.222. The molecule has 0 saturated carbocycles. The highest BCUT2D eigenvalue weighted by atomic mass is 35.5. The van der Waals surface area contributed by atoms with Crippen molar-refractivity contribution in [2.75, 3.05) is 14.1 Å². The lowest BCUT2D eigenvalue weighted by Gasteiger charge is -2.12. The molecule has 2 aromatic rings. The predicted molar refractivity (Wildman–Crippen MR) is 103 cm³/mol. The molecule has 2 rings (SSSR count). The zero-order valence-electron chi connectivity index (χ0n) is 14.9. The Kier molecular flexibility index (Phi) is 6.95. The van der Waals surface area contributed by atoms with Crippen LogP contribution in [-0.2, 0) is 21.2 Å². The van der Waals surface area contributed by atoms with E-state index in [9.17, 15) is 18.0 Å². The Balaban J connectivity index is 1.94. The van der Waals surface area contributed by atoms with Crippen molar-refractivity contribution in [3.05, 3.63) is 64.7 Å². The average molecular weight is 410 g/mol. The summed E-state index contributed by atoms with van der Waals surface area (Å²) in [6, 6.07) is 12.8. The number of benzene rings is 2. The molecule has 7 nitrogen and oxygen atoms in total. The fourth-order valence-corrected chi connectivity index (χ4v) is 3.40. The predicted octanol–water partition coefficient (Wildman–Crippen LogP) is 1.98. The first-order valence-corrected chi connectivity index (χ1v) is 9.89. The monoisotopic (exact) mass is 409 g/mol. The molecule has 0 spiro atoms. The Morgan fingerprint density at radius 3 is 2.41 bits per heavy atom. The summed E-state index contributed by atoms with van der Waals surface area (Å²) in [7, 11) is -0.846. The van der Waals surface area contributed by atoms with Crippen LogP contribution in [0.25, 0.3) is 0 Å². The molecule has 0 aliphatic heterocycles.